The van der Waals surface area contributed by atoms with Gasteiger partial charge in [-0.05, 0) is 12.1 Å². The number of H-pyrrole nitrogens is 1. The molecule has 2 aromatic carbocycles. The molecule has 0 saturated heterocycles. The number of hydrogen-bond donors (Lipinski definition) is 2. The van der Waals surface area contributed by atoms with E-state index >= 15 is 0 Å². The minimum absolute atomic E-state index is 0.0287. The number of fused-ring (bicyclic) bond motifs is 1. The first-order valence-corrected chi connectivity index (χ1v) is 7.92. The lowest BCUT2D eigenvalue weighted by molar-refractivity contribution is 0.0816. The lowest BCUT2D eigenvalue weighted by atomic mass is 10.1. The standard InChI is InChI=1S/C19H16N4O2/c1-23-11-14-13(19(23)25)8-5-9-15(14)22-18(24)16-10-20-17(21-16)12-6-3-2-4-7-12/h2-10H,11H2,1H3,(H,20,21)(H,22,24). The Hall–Kier alpha value is -3.41. The number of benzene rings is 2. The molecule has 2 amide bonds. The van der Waals surface area contributed by atoms with Gasteiger partial charge in [0.05, 0.1) is 6.20 Å². The van der Waals surface area contributed by atoms with Crippen molar-refractivity contribution in [1.82, 2.24) is 14.9 Å². The van der Waals surface area contributed by atoms with Crippen molar-refractivity contribution >= 4 is 17.5 Å². The fourth-order valence-corrected chi connectivity index (χ4v) is 2.96. The van der Waals surface area contributed by atoms with Crippen molar-refractivity contribution < 1.29 is 9.59 Å². The van der Waals surface area contributed by atoms with E-state index < -0.39 is 0 Å². The summed E-state index contributed by atoms with van der Waals surface area (Å²) in [4.78, 5) is 33.5. The van der Waals surface area contributed by atoms with Crippen LogP contribution in [0.5, 0.6) is 0 Å². The van der Waals surface area contributed by atoms with Gasteiger partial charge >= 0.3 is 0 Å². The molecule has 0 fully saturated rings. The van der Waals surface area contributed by atoms with E-state index in [1.807, 2.05) is 30.3 Å². The summed E-state index contributed by atoms with van der Waals surface area (Å²) in [5.74, 6) is 0.322. The van der Waals surface area contributed by atoms with Gasteiger partial charge in [0.15, 0.2) is 0 Å². The summed E-state index contributed by atoms with van der Waals surface area (Å²) in [6.07, 6.45) is 1.51. The van der Waals surface area contributed by atoms with Gasteiger partial charge in [0, 0.05) is 36.0 Å². The maximum Gasteiger partial charge on any atom is 0.273 e. The highest BCUT2D eigenvalue weighted by Gasteiger charge is 2.27. The zero-order valence-corrected chi connectivity index (χ0v) is 13.6. The number of rotatable bonds is 3. The number of anilines is 1. The molecule has 0 bridgehead atoms. The Morgan fingerprint density at radius 3 is 2.76 bits per heavy atom. The molecule has 1 aliphatic rings. The number of imidazole rings is 1. The number of carbonyl (C=O) groups is 2. The van der Waals surface area contributed by atoms with Crippen LogP contribution in [0.3, 0.4) is 0 Å². The fraction of sp³-hybridized carbons (Fsp3) is 0.105. The van der Waals surface area contributed by atoms with Gasteiger partial charge in [-0.1, -0.05) is 36.4 Å². The van der Waals surface area contributed by atoms with Crippen molar-refractivity contribution in [2.75, 3.05) is 12.4 Å². The van der Waals surface area contributed by atoms with Crippen LogP contribution in [-0.2, 0) is 6.54 Å². The molecular formula is C19H16N4O2. The third-order valence-corrected chi connectivity index (χ3v) is 4.26. The predicted octanol–water partition coefficient (Wildman–Crippen LogP) is 2.91. The average molecular weight is 332 g/mol. The van der Waals surface area contributed by atoms with Gasteiger partial charge in [-0.25, -0.2) is 4.98 Å². The van der Waals surface area contributed by atoms with Crippen LogP contribution >= 0.6 is 0 Å². The van der Waals surface area contributed by atoms with E-state index in [1.165, 1.54) is 6.20 Å². The molecule has 6 nitrogen and oxygen atoms in total. The molecule has 0 spiro atoms. The molecule has 3 aromatic rings. The van der Waals surface area contributed by atoms with Gasteiger partial charge in [0.25, 0.3) is 11.8 Å². The molecule has 4 rings (SSSR count). The summed E-state index contributed by atoms with van der Waals surface area (Å²) >= 11 is 0. The first-order chi connectivity index (χ1) is 12.1. The fourth-order valence-electron chi connectivity index (χ4n) is 2.96. The Balaban J connectivity index is 1.58. The van der Waals surface area contributed by atoms with Crippen molar-refractivity contribution in [3.8, 4) is 11.4 Å². The number of aromatic nitrogens is 2. The summed E-state index contributed by atoms with van der Waals surface area (Å²) < 4.78 is 0. The zero-order valence-electron chi connectivity index (χ0n) is 13.6. The van der Waals surface area contributed by atoms with Crippen molar-refractivity contribution in [3.63, 3.8) is 0 Å². The molecule has 124 valence electrons. The quantitative estimate of drug-likeness (QED) is 0.774. The van der Waals surface area contributed by atoms with Crippen molar-refractivity contribution in [1.29, 1.82) is 0 Å². The molecule has 0 atom stereocenters. The highest BCUT2D eigenvalue weighted by molar-refractivity contribution is 6.06. The van der Waals surface area contributed by atoms with Gasteiger partial charge < -0.3 is 15.2 Å². The van der Waals surface area contributed by atoms with Gasteiger partial charge in [-0.2, -0.15) is 0 Å². The number of hydrogen-bond acceptors (Lipinski definition) is 3. The number of carbonyl (C=O) groups excluding carboxylic acids is 2. The molecule has 6 heteroatoms. The van der Waals surface area contributed by atoms with Crippen LogP contribution in [0.15, 0.2) is 54.7 Å². The van der Waals surface area contributed by atoms with Crippen molar-refractivity contribution in [2.45, 2.75) is 6.54 Å². The van der Waals surface area contributed by atoms with E-state index in [0.717, 1.165) is 11.1 Å². The predicted molar refractivity (Wildman–Crippen MR) is 94.2 cm³/mol. The third-order valence-electron chi connectivity index (χ3n) is 4.26. The third kappa shape index (κ3) is 2.67. The number of nitrogens with zero attached hydrogens (tertiary/aromatic N) is 2. The Morgan fingerprint density at radius 2 is 1.96 bits per heavy atom. The van der Waals surface area contributed by atoms with Crippen LogP contribution in [0.2, 0.25) is 0 Å². The van der Waals surface area contributed by atoms with Crippen LogP contribution < -0.4 is 5.32 Å². The van der Waals surface area contributed by atoms with Gasteiger partial charge in [-0.15, -0.1) is 0 Å². The van der Waals surface area contributed by atoms with Crippen LogP contribution in [0.4, 0.5) is 5.69 Å². The lowest BCUT2D eigenvalue weighted by Crippen LogP contribution is -2.17. The maximum atomic E-state index is 12.5. The smallest absolute Gasteiger partial charge is 0.273 e. The molecule has 0 saturated carbocycles. The minimum Gasteiger partial charge on any atom is -0.337 e. The van der Waals surface area contributed by atoms with Crippen LogP contribution in [0.1, 0.15) is 26.4 Å². The molecule has 2 N–H and O–H groups in total. The number of nitrogens with one attached hydrogen (secondary N) is 2. The molecule has 1 aromatic heterocycles. The molecular weight excluding hydrogens is 316 g/mol. The van der Waals surface area contributed by atoms with E-state index in [-0.39, 0.29) is 11.8 Å². The Labute approximate surface area is 144 Å². The van der Waals surface area contributed by atoms with Crippen LogP contribution in [0, 0.1) is 0 Å². The van der Waals surface area contributed by atoms with E-state index in [1.54, 1.807) is 30.1 Å². The number of amides is 2. The first-order valence-electron chi connectivity index (χ1n) is 7.92. The summed E-state index contributed by atoms with van der Waals surface area (Å²) in [6, 6.07) is 15.0. The van der Waals surface area contributed by atoms with E-state index in [9.17, 15) is 9.59 Å². The minimum atomic E-state index is -0.287. The Bertz CT molecular complexity index is 963. The molecule has 0 unspecified atom stereocenters. The van der Waals surface area contributed by atoms with Crippen molar-refractivity contribution in [2.24, 2.45) is 0 Å². The Morgan fingerprint density at radius 1 is 1.16 bits per heavy atom. The monoisotopic (exact) mass is 332 g/mol. The zero-order chi connectivity index (χ0) is 17.4. The Kier molecular flexibility index (Phi) is 3.57. The van der Waals surface area contributed by atoms with Crippen LogP contribution in [0.25, 0.3) is 11.4 Å². The van der Waals surface area contributed by atoms with Crippen molar-refractivity contribution in [3.05, 3.63) is 71.5 Å². The topological polar surface area (TPSA) is 78.1 Å². The highest BCUT2D eigenvalue weighted by Crippen LogP contribution is 2.28. The van der Waals surface area contributed by atoms with Gasteiger partial charge in [0.2, 0.25) is 0 Å². The summed E-state index contributed by atoms with van der Waals surface area (Å²) in [6.45, 7) is 0.489. The molecule has 0 radical (unpaired) electrons. The number of aromatic amines is 1. The molecule has 2 heterocycles. The largest absolute Gasteiger partial charge is 0.337 e. The molecule has 25 heavy (non-hydrogen) atoms. The van der Waals surface area contributed by atoms with Crippen LogP contribution in [-0.4, -0.2) is 33.7 Å². The second kappa shape index (κ2) is 5.90. The lowest BCUT2D eigenvalue weighted by Gasteiger charge is -2.09. The van der Waals surface area contributed by atoms with E-state index in [4.69, 9.17) is 0 Å². The highest BCUT2D eigenvalue weighted by atomic mass is 16.2. The van der Waals surface area contributed by atoms with Gasteiger partial charge in [0.1, 0.15) is 11.5 Å². The molecule has 1 aliphatic heterocycles. The SMILES string of the molecule is CN1Cc2c(NC(=O)c3cnc(-c4ccccc4)[nH]3)cccc2C1=O. The summed E-state index contributed by atoms with van der Waals surface area (Å²) in [5, 5.41) is 2.88. The maximum absolute atomic E-state index is 12.5. The first kappa shape index (κ1) is 15.1. The second-order valence-electron chi connectivity index (χ2n) is 5.96. The summed E-state index contributed by atoms with van der Waals surface area (Å²) in [5.41, 5.74) is 3.40. The van der Waals surface area contributed by atoms with E-state index in [0.29, 0.717) is 29.3 Å². The average Bonchev–Trinajstić information content (AvgIpc) is 3.23. The normalized spacial score (nSPS) is 13.0. The van der Waals surface area contributed by atoms with E-state index in [2.05, 4.69) is 15.3 Å². The second-order valence-corrected chi connectivity index (χ2v) is 5.96. The molecule has 0 aliphatic carbocycles. The summed E-state index contributed by atoms with van der Waals surface area (Å²) in [7, 11) is 1.75. The van der Waals surface area contributed by atoms with Gasteiger partial charge in [-0.3, -0.25) is 9.59 Å².